The maximum atomic E-state index is 12.4. The van der Waals surface area contributed by atoms with Crippen LogP contribution in [0.1, 0.15) is 35.2 Å². The molecule has 5 nitrogen and oxygen atoms in total. The van der Waals surface area contributed by atoms with Crippen LogP contribution in [0.3, 0.4) is 0 Å². The summed E-state index contributed by atoms with van der Waals surface area (Å²) in [4.78, 5) is 34.5. The fourth-order valence-corrected chi connectivity index (χ4v) is 2.77. The Morgan fingerprint density at radius 3 is 2.60 bits per heavy atom. The molecule has 0 bridgehead atoms. The van der Waals surface area contributed by atoms with Crippen molar-refractivity contribution in [2.45, 2.75) is 25.7 Å². The molecule has 1 aliphatic carbocycles. The fraction of sp³-hybridized carbons (Fsp3) is 0.357. The van der Waals surface area contributed by atoms with Gasteiger partial charge in [-0.2, -0.15) is 0 Å². The van der Waals surface area contributed by atoms with E-state index in [1.165, 1.54) is 6.07 Å². The average molecular weight is 297 g/mol. The van der Waals surface area contributed by atoms with Crippen LogP contribution in [0.25, 0.3) is 0 Å². The van der Waals surface area contributed by atoms with Crippen molar-refractivity contribution in [3.05, 3.63) is 34.3 Å². The molecule has 6 heteroatoms. The minimum absolute atomic E-state index is 0.0137. The highest BCUT2D eigenvalue weighted by atomic mass is 35.5. The summed E-state index contributed by atoms with van der Waals surface area (Å²) in [6, 6.07) is 4.74. The van der Waals surface area contributed by atoms with Crippen LogP contribution in [-0.2, 0) is 16.0 Å². The van der Waals surface area contributed by atoms with Gasteiger partial charge in [0, 0.05) is 17.0 Å². The third-order valence-corrected chi connectivity index (χ3v) is 3.88. The number of carboxylic acid groups (broad SMARTS) is 2. The van der Waals surface area contributed by atoms with E-state index in [2.05, 4.69) is 0 Å². The summed E-state index contributed by atoms with van der Waals surface area (Å²) in [7, 11) is 0. The number of hydrogen-bond donors (Lipinski definition) is 2. The summed E-state index contributed by atoms with van der Waals surface area (Å²) in [6.45, 7) is 0. The third-order valence-electron chi connectivity index (χ3n) is 3.65. The van der Waals surface area contributed by atoms with Crippen molar-refractivity contribution in [2.75, 3.05) is 0 Å². The van der Waals surface area contributed by atoms with E-state index in [0.717, 1.165) is 0 Å². The number of benzene rings is 1. The molecule has 0 aromatic heterocycles. The average Bonchev–Trinajstić information content (AvgIpc) is 2.64. The fourth-order valence-electron chi connectivity index (χ4n) is 2.60. The molecule has 0 saturated heterocycles. The van der Waals surface area contributed by atoms with Gasteiger partial charge >= 0.3 is 11.9 Å². The van der Waals surface area contributed by atoms with E-state index < -0.39 is 23.1 Å². The van der Waals surface area contributed by atoms with Gasteiger partial charge in [-0.05, 0) is 37.0 Å². The number of Topliss-reactive ketones (excluding diaryl/α,β-unsaturated/α-hetero) is 1. The van der Waals surface area contributed by atoms with E-state index in [1.807, 2.05) is 0 Å². The van der Waals surface area contributed by atoms with E-state index >= 15 is 0 Å². The van der Waals surface area contributed by atoms with Gasteiger partial charge in [-0.1, -0.05) is 17.7 Å². The third kappa shape index (κ3) is 2.41. The molecular formula is C14H13ClO5. The van der Waals surface area contributed by atoms with Crippen LogP contribution in [0, 0.1) is 5.41 Å². The van der Waals surface area contributed by atoms with Gasteiger partial charge in [-0.25, -0.2) is 0 Å². The van der Waals surface area contributed by atoms with Gasteiger partial charge in [0.1, 0.15) is 5.41 Å². The molecule has 1 aromatic carbocycles. The van der Waals surface area contributed by atoms with E-state index in [1.54, 1.807) is 12.1 Å². The summed E-state index contributed by atoms with van der Waals surface area (Å²) in [5, 5.41) is 18.5. The van der Waals surface area contributed by atoms with Crippen molar-refractivity contribution in [3.63, 3.8) is 0 Å². The maximum absolute atomic E-state index is 12.4. The molecule has 0 fully saturated rings. The maximum Gasteiger partial charge on any atom is 0.317 e. The Morgan fingerprint density at radius 1 is 1.30 bits per heavy atom. The van der Waals surface area contributed by atoms with Gasteiger partial charge in [0.25, 0.3) is 0 Å². The first-order chi connectivity index (χ1) is 9.36. The second kappa shape index (κ2) is 5.25. The predicted molar refractivity (Wildman–Crippen MR) is 71.0 cm³/mol. The van der Waals surface area contributed by atoms with Crippen molar-refractivity contribution in [1.29, 1.82) is 0 Å². The number of fused-ring (bicyclic) bond motifs is 1. The summed E-state index contributed by atoms with van der Waals surface area (Å²) < 4.78 is 0. The standard InChI is InChI=1S/C14H13ClO5/c15-9-4-3-8-7-14(13(19)20,5-1-2-11(16)17)12(18)10(8)6-9/h3-4,6H,1-2,5,7H2,(H,16,17)(H,19,20). The van der Waals surface area contributed by atoms with E-state index in [9.17, 15) is 19.5 Å². The molecule has 1 unspecified atom stereocenters. The molecule has 0 amide bonds. The lowest BCUT2D eigenvalue weighted by molar-refractivity contribution is -0.146. The molecule has 0 radical (unpaired) electrons. The molecular weight excluding hydrogens is 284 g/mol. The minimum Gasteiger partial charge on any atom is -0.481 e. The van der Waals surface area contributed by atoms with Gasteiger partial charge in [-0.15, -0.1) is 0 Å². The monoisotopic (exact) mass is 296 g/mol. The Bertz CT molecular complexity index is 595. The minimum atomic E-state index is -1.55. The molecule has 2 rings (SSSR count). The van der Waals surface area contributed by atoms with Crippen molar-refractivity contribution in [2.24, 2.45) is 5.41 Å². The van der Waals surface area contributed by atoms with Gasteiger partial charge in [0.2, 0.25) is 0 Å². The first-order valence-corrected chi connectivity index (χ1v) is 6.53. The van der Waals surface area contributed by atoms with E-state index in [4.69, 9.17) is 16.7 Å². The van der Waals surface area contributed by atoms with Gasteiger partial charge in [0.15, 0.2) is 5.78 Å². The van der Waals surface area contributed by atoms with Crippen molar-refractivity contribution < 1.29 is 24.6 Å². The molecule has 0 spiro atoms. The summed E-state index contributed by atoms with van der Waals surface area (Å²) >= 11 is 5.83. The van der Waals surface area contributed by atoms with Crippen molar-refractivity contribution in [3.8, 4) is 0 Å². The number of carbonyl (C=O) groups is 3. The highest BCUT2D eigenvalue weighted by Crippen LogP contribution is 2.41. The van der Waals surface area contributed by atoms with Gasteiger partial charge in [-0.3, -0.25) is 14.4 Å². The van der Waals surface area contributed by atoms with Crippen molar-refractivity contribution in [1.82, 2.24) is 0 Å². The van der Waals surface area contributed by atoms with Gasteiger partial charge in [0.05, 0.1) is 0 Å². The second-order valence-electron chi connectivity index (χ2n) is 4.94. The number of carboxylic acids is 2. The Balaban J connectivity index is 2.30. The second-order valence-corrected chi connectivity index (χ2v) is 5.38. The Hall–Kier alpha value is -1.88. The number of halogens is 1. The number of aliphatic carboxylic acids is 2. The SMILES string of the molecule is O=C(O)CCCC1(C(=O)O)Cc2ccc(Cl)cc2C1=O. The normalized spacial score (nSPS) is 20.8. The predicted octanol–water partition coefficient (Wildman–Crippen LogP) is 2.40. The molecule has 1 aliphatic rings. The molecule has 20 heavy (non-hydrogen) atoms. The summed E-state index contributed by atoms with van der Waals surface area (Å²) in [5.41, 5.74) is -0.574. The molecule has 1 aromatic rings. The van der Waals surface area contributed by atoms with Crippen LogP contribution >= 0.6 is 11.6 Å². The zero-order valence-corrected chi connectivity index (χ0v) is 11.3. The van der Waals surface area contributed by atoms with Crippen molar-refractivity contribution >= 4 is 29.3 Å². The highest BCUT2D eigenvalue weighted by molar-refractivity contribution is 6.31. The Kier molecular flexibility index (Phi) is 3.81. The first-order valence-electron chi connectivity index (χ1n) is 6.15. The molecule has 106 valence electrons. The molecule has 1 atom stereocenters. The number of carbonyl (C=O) groups excluding carboxylic acids is 1. The molecule has 0 saturated carbocycles. The quantitative estimate of drug-likeness (QED) is 0.814. The zero-order valence-electron chi connectivity index (χ0n) is 10.6. The van der Waals surface area contributed by atoms with E-state index in [0.29, 0.717) is 16.1 Å². The molecule has 0 heterocycles. The first kappa shape index (κ1) is 14.5. The lowest BCUT2D eigenvalue weighted by Crippen LogP contribution is -2.37. The van der Waals surface area contributed by atoms with Crippen LogP contribution in [0.5, 0.6) is 0 Å². The highest BCUT2D eigenvalue weighted by Gasteiger charge is 2.51. The lowest BCUT2D eigenvalue weighted by Gasteiger charge is -2.21. The van der Waals surface area contributed by atoms with Crippen LogP contribution in [0.4, 0.5) is 0 Å². The Labute approximate surface area is 120 Å². The number of ketones is 1. The smallest absolute Gasteiger partial charge is 0.317 e. The topological polar surface area (TPSA) is 91.7 Å². The lowest BCUT2D eigenvalue weighted by atomic mass is 9.79. The molecule has 2 N–H and O–H groups in total. The Morgan fingerprint density at radius 2 is 2.00 bits per heavy atom. The largest absolute Gasteiger partial charge is 0.481 e. The van der Waals surface area contributed by atoms with Gasteiger partial charge < -0.3 is 10.2 Å². The van der Waals surface area contributed by atoms with Crippen LogP contribution < -0.4 is 0 Å². The number of rotatable bonds is 5. The van der Waals surface area contributed by atoms with Crippen LogP contribution in [0.15, 0.2) is 18.2 Å². The number of hydrogen-bond acceptors (Lipinski definition) is 3. The summed E-state index contributed by atoms with van der Waals surface area (Å²) in [6.07, 6.45) is 0.0988. The summed E-state index contributed by atoms with van der Waals surface area (Å²) in [5.74, 6) is -2.69. The van der Waals surface area contributed by atoms with E-state index in [-0.39, 0.29) is 25.7 Å². The van der Waals surface area contributed by atoms with Crippen LogP contribution in [-0.4, -0.2) is 27.9 Å². The van der Waals surface area contributed by atoms with Crippen LogP contribution in [0.2, 0.25) is 5.02 Å². The zero-order chi connectivity index (χ0) is 14.9. The molecule has 0 aliphatic heterocycles.